The lowest BCUT2D eigenvalue weighted by molar-refractivity contribution is 0.554. The maximum atomic E-state index is 13.6. The van der Waals surface area contributed by atoms with Gasteiger partial charge in [-0.05, 0) is 30.7 Å². The Balaban J connectivity index is 2.13. The molecule has 2 N–H and O–H groups in total. The van der Waals surface area contributed by atoms with Crippen LogP contribution < -0.4 is 10.5 Å². The van der Waals surface area contributed by atoms with Gasteiger partial charge in [0.15, 0.2) is 5.58 Å². The molecule has 6 nitrogen and oxygen atoms in total. The molecule has 0 spiro atoms. The molecule has 1 aromatic heterocycles. The van der Waals surface area contributed by atoms with Crippen molar-refractivity contribution in [3.8, 4) is 0 Å². The molecular formula is C14H10F2N2O4S. The highest BCUT2D eigenvalue weighted by Crippen LogP contribution is 2.26. The van der Waals surface area contributed by atoms with Crippen LogP contribution in [0.5, 0.6) is 0 Å². The van der Waals surface area contributed by atoms with Crippen LogP contribution in [0.15, 0.2) is 44.4 Å². The minimum atomic E-state index is -4.28. The molecule has 0 amide bonds. The van der Waals surface area contributed by atoms with Gasteiger partial charge in [0.25, 0.3) is 10.0 Å². The summed E-state index contributed by atoms with van der Waals surface area (Å²) in [5, 5.41) is 0. The third-order valence-corrected chi connectivity index (χ3v) is 4.70. The van der Waals surface area contributed by atoms with E-state index in [0.29, 0.717) is 5.52 Å². The molecule has 0 aliphatic rings. The molecule has 0 unspecified atom stereocenters. The van der Waals surface area contributed by atoms with Crippen molar-refractivity contribution in [2.45, 2.75) is 11.8 Å². The summed E-state index contributed by atoms with van der Waals surface area (Å²) in [7, 11) is -4.28. The van der Waals surface area contributed by atoms with Crippen LogP contribution in [0.25, 0.3) is 11.1 Å². The van der Waals surface area contributed by atoms with Crippen molar-refractivity contribution in [2.75, 3.05) is 4.72 Å². The molecule has 0 aliphatic carbocycles. The molecule has 0 fully saturated rings. The van der Waals surface area contributed by atoms with Crippen molar-refractivity contribution in [2.24, 2.45) is 0 Å². The van der Waals surface area contributed by atoms with Crippen LogP contribution in [-0.4, -0.2) is 13.4 Å². The fraction of sp³-hybridized carbons (Fsp3) is 0.0714. The molecule has 23 heavy (non-hydrogen) atoms. The first-order chi connectivity index (χ1) is 10.8. The highest BCUT2D eigenvalue weighted by atomic mass is 32.2. The van der Waals surface area contributed by atoms with Crippen molar-refractivity contribution in [1.29, 1.82) is 0 Å². The maximum absolute atomic E-state index is 13.6. The fourth-order valence-electron chi connectivity index (χ4n) is 2.16. The lowest BCUT2D eigenvalue weighted by atomic mass is 10.2. The number of halogens is 2. The first kappa shape index (κ1) is 15.2. The molecule has 3 aromatic rings. The Morgan fingerprint density at radius 2 is 1.83 bits per heavy atom. The molecule has 0 saturated heterocycles. The minimum Gasteiger partial charge on any atom is -0.408 e. The highest BCUT2D eigenvalue weighted by molar-refractivity contribution is 7.92. The summed E-state index contributed by atoms with van der Waals surface area (Å²) in [6.07, 6.45) is 0. The van der Waals surface area contributed by atoms with E-state index in [1.54, 1.807) is 0 Å². The molecule has 9 heteroatoms. The Labute approximate surface area is 128 Å². The number of hydrogen-bond acceptors (Lipinski definition) is 4. The van der Waals surface area contributed by atoms with Gasteiger partial charge in [0.2, 0.25) is 0 Å². The van der Waals surface area contributed by atoms with E-state index in [1.807, 2.05) is 4.72 Å². The summed E-state index contributed by atoms with van der Waals surface area (Å²) in [5.74, 6) is -2.82. The van der Waals surface area contributed by atoms with Gasteiger partial charge < -0.3 is 4.42 Å². The third-order valence-electron chi connectivity index (χ3n) is 3.21. The van der Waals surface area contributed by atoms with E-state index in [1.165, 1.54) is 13.0 Å². The number of anilines is 1. The predicted molar refractivity (Wildman–Crippen MR) is 78.7 cm³/mol. The molecule has 0 atom stereocenters. The molecule has 2 aromatic carbocycles. The predicted octanol–water partition coefficient (Wildman–Crippen LogP) is 2.51. The van der Waals surface area contributed by atoms with Gasteiger partial charge in [-0.2, -0.15) is 0 Å². The SMILES string of the molecule is Cc1cc2[nH]c(=O)oc2cc1S(=O)(=O)Nc1c(F)cccc1F. The zero-order chi connectivity index (χ0) is 16.8. The number of nitrogens with one attached hydrogen (secondary N) is 2. The Kier molecular flexibility index (Phi) is 3.44. The molecule has 120 valence electrons. The average Bonchev–Trinajstić information content (AvgIpc) is 2.81. The molecule has 1 heterocycles. The van der Waals surface area contributed by atoms with Crippen molar-refractivity contribution in [1.82, 2.24) is 4.98 Å². The van der Waals surface area contributed by atoms with Gasteiger partial charge in [-0.25, -0.2) is 22.0 Å². The van der Waals surface area contributed by atoms with Gasteiger partial charge in [0.05, 0.1) is 10.4 Å². The van der Waals surface area contributed by atoms with Crippen LogP contribution in [-0.2, 0) is 10.0 Å². The van der Waals surface area contributed by atoms with Crippen LogP contribution in [0, 0.1) is 18.6 Å². The number of oxazole rings is 1. The number of sulfonamides is 1. The molecular weight excluding hydrogens is 330 g/mol. The Morgan fingerprint density at radius 1 is 1.17 bits per heavy atom. The van der Waals surface area contributed by atoms with E-state index < -0.39 is 33.1 Å². The molecule has 3 rings (SSSR count). The molecule has 0 radical (unpaired) electrons. The zero-order valence-electron chi connectivity index (χ0n) is 11.7. The van der Waals surface area contributed by atoms with Crippen molar-refractivity contribution in [3.63, 3.8) is 0 Å². The summed E-state index contributed by atoms with van der Waals surface area (Å²) in [5.41, 5.74) is -0.153. The van der Waals surface area contributed by atoms with Crippen LogP contribution in [0.4, 0.5) is 14.5 Å². The monoisotopic (exact) mass is 340 g/mol. The Hall–Kier alpha value is -2.68. The van der Waals surface area contributed by atoms with Crippen LogP contribution >= 0.6 is 0 Å². The number of aromatic nitrogens is 1. The van der Waals surface area contributed by atoms with Gasteiger partial charge >= 0.3 is 5.76 Å². The third kappa shape index (κ3) is 2.70. The Bertz CT molecular complexity index is 1050. The first-order valence-electron chi connectivity index (χ1n) is 6.38. The lowest BCUT2D eigenvalue weighted by Crippen LogP contribution is -2.16. The summed E-state index contributed by atoms with van der Waals surface area (Å²) in [4.78, 5) is 13.3. The summed E-state index contributed by atoms with van der Waals surface area (Å²) in [6.45, 7) is 1.48. The number of aryl methyl sites for hydroxylation is 1. The standard InChI is InChI=1S/C14H10F2N2O4S/c1-7-5-10-11(22-14(19)17-10)6-12(7)23(20,21)18-13-8(15)3-2-4-9(13)16/h2-6,18H,1H3,(H,17,19). The second kappa shape index (κ2) is 5.20. The zero-order valence-corrected chi connectivity index (χ0v) is 12.5. The Morgan fingerprint density at radius 3 is 2.48 bits per heavy atom. The van der Waals surface area contributed by atoms with Crippen LogP contribution in [0.3, 0.4) is 0 Å². The fourth-order valence-corrected chi connectivity index (χ4v) is 3.48. The van der Waals surface area contributed by atoms with E-state index in [9.17, 15) is 22.0 Å². The van der Waals surface area contributed by atoms with E-state index >= 15 is 0 Å². The second-order valence-electron chi connectivity index (χ2n) is 4.83. The first-order valence-corrected chi connectivity index (χ1v) is 7.86. The summed E-state index contributed by atoms with van der Waals surface area (Å²) in [6, 6.07) is 5.49. The molecule has 0 bridgehead atoms. The van der Waals surface area contributed by atoms with E-state index in [0.717, 1.165) is 24.3 Å². The van der Waals surface area contributed by atoms with Gasteiger partial charge in [-0.1, -0.05) is 6.07 Å². The summed E-state index contributed by atoms with van der Waals surface area (Å²) < 4.78 is 58.7. The largest absolute Gasteiger partial charge is 0.417 e. The van der Waals surface area contributed by atoms with Crippen molar-refractivity contribution in [3.05, 3.63) is 58.1 Å². The lowest BCUT2D eigenvalue weighted by Gasteiger charge is -2.11. The number of rotatable bonds is 3. The minimum absolute atomic E-state index is 0.0231. The smallest absolute Gasteiger partial charge is 0.408 e. The normalized spacial score (nSPS) is 11.8. The number of para-hydroxylation sites is 1. The maximum Gasteiger partial charge on any atom is 0.417 e. The van der Waals surface area contributed by atoms with Crippen molar-refractivity contribution < 1.29 is 21.6 Å². The molecule has 0 aliphatic heterocycles. The second-order valence-corrected chi connectivity index (χ2v) is 6.48. The van der Waals surface area contributed by atoms with E-state index in [4.69, 9.17) is 4.42 Å². The quantitative estimate of drug-likeness (QED) is 0.766. The number of benzene rings is 2. The van der Waals surface area contributed by atoms with Gasteiger partial charge in [0, 0.05) is 6.07 Å². The van der Waals surface area contributed by atoms with Gasteiger partial charge in [0.1, 0.15) is 17.3 Å². The number of aromatic amines is 1. The topological polar surface area (TPSA) is 92.2 Å². The summed E-state index contributed by atoms with van der Waals surface area (Å²) >= 11 is 0. The van der Waals surface area contributed by atoms with Crippen LogP contribution in [0.1, 0.15) is 5.56 Å². The van der Waals surface area contributed by atoms with Crippen molar-refractivity contribution >= 4 is 26.8 Å². The molecule has 0 saturated carbocycles. The average molecular weight is 340 g/mol. The number of H-pyrrole nitrogens is 1. The van der Waals surface area contributed by atoms with Gasteiger partial charge in [-0.15, -0.1) is 0 Å². The number of hydrogen-bond donors (Lipinski definition) is 2. The van der Waals surface area contributed by atoms with Gasteiger partial charge in [-0.3, -0.25) is 9.71 Å². The van der Waals surface area contributed by atoms with E-state index in [2.05, 4.69) is 4.98 Å². The number of fused-ring (bicyclic) bond motifs is 1. The van der Waals surface area contributed by atoms with Crippen LogP contribution in [0.2, 0.25) is 0 Å². The van der Waals surface area contributed by atoms with E-state index in [-0.39, 0.29) is 16.0 Å². The highest BCUT2D eigenvalue weighted by Gasteiger charge is 2.22.